The Morgan fingerprint density at radius 1 is 1.47 bits per heavy atom. The van der Waals surface area contributed by atoms with E-state index < -0.39 is 5.82 Å². The maximum atomic E-state index is 13.0. The molecule has 1 aromatic carbocycles. The van der Waals surface area contributed by atoms with Crippen molar-refractivity contribution in [3.05, 3.63) is 52.8 Å². The smallest absolute Gasteiger partial charge is 0.141 e. The molecule has 0 atom stereocenters. The van der Waals surface area contributed by atoms with Gasteiger partial charge in [0.2, 0.25) is 0 Å². The molecule has 2 aromatic rings. The molecule has 1 N–H and O–H groups in total. The van der Waals surface area contributed by atoms with Crippen LogP contribution in [-0.2, 0) is 13.1 Å². The van der Waals surface area contributed by atoms with Crippen molar-refractivity contribution in [1.29, 1.82) is 0 Å². The summed E-state index contributed by atoms with van der Waals surface area (Å²) in [4.78, 5) is 4.24. The molecule has 0 spiro atoms. The highest BCUT2D eigenvalue weighted by molar-refractivity contribution is 6.30. The number of halogens is 2. The highest BCUT2D eigenvalue weighted by Crippen LogP contribution is 2.16. The van der Waals surface area contributed by atoms with Gasteiger partial charge in [-0.2, -0.15) is 0 Å². The number of hydrogen-bond donors (Lipinski definition) is 1. The Balaban J connectivity index is 2.11. The third-order valence-electron chi connectivity index (χ3n) is 2.39. The van der Waals surface area contributed by atoms with Crippen LogP contribution in [0.2, 0.25) is 5.02 Å². The van der Waals surface area contributed by atoms with Gasteiger partial charge in [0.05, 0.1) is 17.0 Å². The van der Waals surface area contributed by atoms with Gasteiger partial charge in [0.25, 0.3) is 0 Å². The van der Waals surface area contributed by atoms with Gasteiger partial charge in [0.1, 0.15) is 5.82 Å². The van der Waals surface area contributed by atoms with E-state index >= 15 is 0 Å². The van der Waals surface area contributed by atoms with Crippen LogP contribution in [-0.4, -0.2) is 16.6 Å². The summed E-state index contributed by atoms with van der Waals surface area (Å²) in [5.74, 6) is -0.392. The van der Waals surface area contributed by atoms with E-state index in [1.165, 1.54) is 6.07 Å². The summed E-state index contributed by atoms with van der Waals surface area (Å²) in [5.41, 5.74) is 1.92. The van der Waals surface area contributed by atoms with Crippen molar-refractivity contribution < 1.29 is 4.39 Å². The Morgan fingerprint density at radius 2 is 2.29 bits per heavy atom. The molecule has 0 aliphatic rings. The van der Waals surface area contributed by atoms with Crippen LogP contribution in [0.3, 0.4) is 0 Å². The van der Waals surface area contributed by atoms with Crippen LogP contribution in [0.1, 0.15) is 11.3 Å². The Bertz CT molecular complexity index is 510. The molecule has 0 aliphatic carbocycles. The zero-order valence-electron chi connectivity index (χ0n) is 9.45. The van der Waals surface area contributed by atoms with Gasteiger partial charge in [-0.25, -0.2) is 9.37 Å². The lowest BCUT2D eigenvalue weighted by Crippen LogP contribution is -2.05. The fourth-order valence-corrected chi connectivity index (χ4v) is 1.82. The topological polar surface area (TPSA) is 29.9 Å². The summed E-state index contributed by atoms with van der Waals surface area (Å²) in [6.45, 7) is 1.37. The van der Waals surface area contributed by atoms with E-state index in [-0.39, 0.29) is 5.02 Å². The van der Waals surface area contributed by atoms with Gasteiger partial charge in [-0.05, 0) is 24.7 Å². The first-order chi connectivity index (χ1) is 8.19. The third-order valence-corrected chi connectivity index (χ3v) is 2.68. The molecule has 0 saturated carbocycles. The SMILES string of the molecule is CNCc1cn(Cc2ccc(F)c(Cl)c2)cn1. The molecule has 0 amide bonds. The minimum absolute atomic E-state index is 0.151. The van der Waals surface area contributed by atoms with Gasteiger partial charge in [-0.1, -0.05) is 17.7 Å². The van der Waals surface area contributed by atoms with Gasteiger partial charge in [-0.3, -0.25) is 0 Å². The number of aromatic nitrogens is 2. The van der Waals surface area contributed by atoms with Crippen molar-refractivity contribution in [2.75, 3.05) is 7.05 Å². The molecule has 0 aliphatic heterocycles. The largest absolute Gasteiger partial charge is 0.333 e. The van der Waals surface area contributed by atoms with Gasteiger partial charge >= 0.3 is 0 Å². The van der Waals surface area contributed by atoms with Crippen LogP contribution in [0.4, 0.5) is 4.39 Å². The number of imidazole rings is 1. The summed E-state index contributed by atoms with van der Waals surface area (Å²) in [7, 11) is 1.87. The Kier molecular flexibility index (Phi) is 3.76. The molecular weight excluding hydrogens is 241 g/mol. The summed E-state index contributed by atoms with van der Waals surface area (Å²) in [6, 6.07) is 4.73. The molecular formula is C12H13ClFN3. The van der Waals surface area contributed by atoms with E-state index in [0.29, 0.717) is 6.54 Å². The molecule has 0 fully saturated rings. The maximum absolute atomic E-state index is 13.0. The zero-order chi connectivity index (χ0) is 12.3. The third kappa shape index (κ3) is 3.05. The van der Waals surface area contributed by atoms with Crippen LogP contribution in [0.15, 0.2) is 30.7 Å². The highest BCUT2D eigenvalue weighted by atomic mass is 35.5. The second kappa shape index (κ2) is 5.29. The van der Waals surface area contributed by atoms with Crippen LogP contribution >= 0.6 is 11.6 Å². The predicted octanol–water partition coefficient (Wildman–Crippen LogP) is 2.44. The van der Waals surface area contributed by atoms with Crippen LogP contribution in [0, 0.1) is 5.82 Å². The van der Waals surface area contributed by atoms with Gasteiger partial charge in [-0.15, -0.1) is 0 Å². The van der Waals surface area contributed by atoms with Crippen molar-refractivity contribution in [3.63, 3.8) is 0 Å². The Hall–Kier alpha value is -1.39. The second-order valence-electron chi connectivity index (χ2n) is 3.82. The van der Waals surface area contributed by atoms with Gasteiger partial charge < -0.3 is 9.88 Å². The highest BCUT2D eigenvalue weighted by Gasteiger charge is 2.02. The van der Waals surface area contributed by atoms with Crippen molar-refractivity contribution in [1.82, 2.24) is 14.9 Å². The average Bonchev–Trinajstić information content (AvgIpc) is 2.72. The van der Waals surface area contributed by atoms with Crippen LogP contribution in [0.25, 0.3) is 0 Å². The molecule has 5 heteroatoms. The minimum Gasteiger partial charge on any atom is -0.333 e. The molecule has 2 rings (SSSR count). The number of hydrogen-bond acceptors (Lipinski definition) is 2. The number of nitrogens with one attached hydrogen (secondary N) is 1. The van der Waals surface area contributed by atoms with E-state index in [2.05, 4.69) is 10.3 Å². The lowest BCUT2D eigenvalue weighted by Gasteiger charge is -2.03. The van der Waals surface area contributed by atoms with E-state index in [1.54, 1.807) is 18.5 Å². The van der Waals surface area contributed by atoms with Crippen LogP contribution < -0.4 is 5.32 Å². The Morgan fingerprint density at radius 3 is 3.00 bits per heavy atom. The first-order valence-electron chi connectivity index (χ1n) is 5.28. The summed E-state index contributed by atoms with van der Waals surface area (Å²) in [5, 5.41) is 3.18. The predicted molar refractivity (Wildman–Crippen MR) is 65.5 cm³/mol. The maximum Gasteiger partial charge on any atom is 0.141 e. The number of benzene rings is 1. The molecule has 0 saturated heterocycles. The first kappa shape index (κ1) is 12.1. The summed E-state index contributed by atoms with van der Waals surface area (Å²) < 4.78 is 14.9. The second-order valence-corrected chi connectivity index (χ2v) is 4.22. The quantitative estimate of drug-likeness (QED) is 0.907. The van der Waals surface area contributed by atoms with Crippen molar-refractivity contribution in [2.24, 2.45) is 0 Å². The monoisotopic (exact) mass is 253 g/mol. The molecule has 0 unspecified atom stereocenters. The van der Waals surface area contributed by atoms with Crippen molar-refractivity contribution in [2.45, 2.75) is 13.1 Å². The van der Waals surface area contributed by atoms with Gasteiger partial charge in [0, 0.05) is 19.3 Å². The normalized spacial score (nSPS) is 10.8. The first-order valence-corrected chi connectivity index (χ1v) is 5.66. The van der Waals surface area contributed by atoms with E-state index in [0.717, 1.165) is 17.8 Å². The Labute approximate surface area is 104 Å². The lowest BCUT2D eigenvalue weighted by molar-refractivity contribution is 0.626. The molecule has 0 radical (unpaired) electrons. The molecule has 17 heavy (non-hydrogen) atoms. The molecule has 90 valence electrons. The molecule has 1 aromatic heterocycles. The molecule has 0 bridgehead atoms. The van der Waals surface area contributed by atoms with E-state index in [9.17, 15) is 4.39 Å². The summed E-state index contributed by atoms with van der Waals surface area (Å²) >= 11 is 5.73. The summed E-state index contributed by atoms with van der Waals surface area (Å²) in [6.07, 6.45) is 3.71. The zero-order valence-corrected chi connectivity index (χ0v) is 10.2. The fourth-order valence-electron chi connectivity index (χ4n) is 1.61. The standard InChI is InChI=1S/C12H13ClFN3/c1-15-5-10-7-17(8-16-10)6-9-2-3-12(14)11(13)4-9/h2-4,7-8,15H,5-6H2,1H3. The van der Waals surface area contributed by atoms with Gasteiger partial charge in [0.15, 0.2) is 0 Å². The lowest BCUT2D eigenvalue weighted by atomic mass is 10.2. The van der Waals surface area contributed by atoms with Crippen molar-refractivity contribution in [3.8, 4) is 0 Å². The van der Waals surface area contributed by atoms with E-state index in [4.69, 9.17) is 11.6 Å². The average molecular weight is 254 g/mol. The van der Waals surface area contributed by atoms with Crippen LogP contribution in [0.5, 0.6) is 0 Å². The van der Waals surface area contributed by atoms with Crippen molar-refractivity contribution >= 4 is 11.6 Å². The number of rotatable bonds is 4. The molecule has 3 nitrogen and oxygen atoms in total. The van der Waals surface area contributed by atoms with E-state index in [1.807, 2.05) is 17.8 Å². The number of nitrogens with zero attached hydrogens (tertiary/aromatic N) is 2. The fraction of sp³-hybridized carbons (Fsp3) is 0.250. The minimum atomic E-state index is -0.392. The molecule has 1 heterocycles.